The molecule has 0 aliphatic carbocycles. The Kier molecular flexibility index (Phi) is 5.39. The van der Waals surface area contributed by atoms with Crippen molar-refractivity contribution in [2.75, 3.05) is 34.4 Å². The lowest BCUT2D eigenvalue weighted by Gasteiger charge is -2.12. The maximum atomic E-state index is 11.4. The number of hydrogen-bond donors (Lipinski definition) is 1. The molecule has 6 nitrogen and oxygen atoms in total. The van der Waals surface area contributed by atoms with Gasteiger partial charge in [0.05, 0.1) is 7.11 Å². The van der Waals surface area contributed by atoms with Crippen molar-refractivity contribution in [2.45, 2.75) is 0 Å². The van der Waals surface area contributed by atoms with Crippen LogP contribution in [0.3, 0.4) is 0 Å². The Labute approximate surface area is 108 Å². The third-order valence-corrected chi connectivity index (χ3v) is 3.71. The molecule has 0 spiro atoms. The fourth-order valence-electron chi connectivity index (χ4n) is 1.16. The minimum atomic E-state index is -3.39. The standard InChI is InChI=1S/C11H18N2O4S/c1-13(2)18(14,15)12-7-8-17-11-6-4-5-10(9-11)16-3/h4-6,9,12H,7-8H2,1-3H3. The summed E-state index contributed by atoms with van der Waals surface area (Å²) in [7, 11) is 1.11. The van der Waals surface area contributed by atoms with E-state index in [1.165, 1.54) is 14.1 Å². The Morgan fingerprint density at radius 1 is 1.28 bits per heavy atom. The van der Waals surface area contributed by atoms with E-state index in [1.807, 2.05) is 6.07 Å². The predicted molar refractivity (Wildman–Crippen MR) is 69.1 cm³/mol. The van der Waals surface area contributed by atoms with E-state index in [0.29, 0.717) is 11.5 Å². The first-order valence-electron chi connectivity index (χ1n) is 5.39. The molecule has 0 fully saturated rings. The third-order valence-electron chi connectivity index (χ3n) is 2.18. The minimum absolute atomic E-state index is 0.206. The lowest BCUT2D eigenvalue weighted by Crippen LogP contribution is -2.37. The molecule has 0 aliphatic heterocycles. The molecule has 0 heterocycles. The minimum Gasteiger partial charge on any atom is -0.497 e. The van der Waals surface area contributed by atoms with E-state index in [4.69, 9.17) is 9.47 Å². The first-order valence-corrected chi connectivity index (χ1v) is 6.83. The zero-order valence-corrected chi connectivity index (χ0v) is 11.5. The van der Waals surface area contributed by atoms with Crippen molar-refractivity contribution in [2.24, 2.45) is 0 Å². The van der Waals surface area contributed by atoms with Gasteiger partial charge in [0.2, 0.25) is 0 Å². The number of rotatable bonds is 7. The second kappa shape index (κ2) is 6.58. The lowest BCUT2D eigenvalue weighted by molar-refractivity contribution is 0.318. The van der Waals surface area contributed by atoms with Gasteiger partial charge in [0.1, 0.15) is 18.1 Å². The fraction of sp³-hybridized carbons (Fsp3) is 0.455. The summed E-state index contributed by atoms with van der Waals surface area (Å²) < 4.78 is 36.7. The van der Waals surface area contributed by atoms with Crippen LogP contribution in [0.25, 0.3) is 0 Å². The van der Waals surface area contributed by atoms with Gasteiger partial charge in [-0.1, -0.05) is 6.07 Å². The normalized spacial score (nSPS) is 11.6. The second-order valence-corrected chi connectivity index (χ2v) is 5.68. The van der Waals surface area contributed by atoms with Crippen LogP contribution in [0.2, 0.25) is 0 Å². The van der Waals surface area contributed by atoms with Gasteiger partial charge in [-0.15, -0.1) is 0 Å². The molecule has 18 heavy (non-hydrogen) atoms. The summed E-state index contributed by atoms with van der Waals surface area (Å²) in [5.41, 5.74) is 0. The predicted octanol–water partition coefficient (Wildman–Crippen LogP) is 0.470. The number of ether oxygens (including phenoxy) is 2. The van der Waals surface area contributed by atoms with Gasteiger partial charge in [0.25, 0.3) is 10.2 Å². The van der Waals surface area contributed by atoms with Crippen LogP contribution in [0.15, 0.2) is 24.3 Å². The van der Waals surface area contributed by atoms with Crippen molar-refractivity contribution in [3.05, 3.63) is 24.3 Å². The average molecular weight is 274 g/mol. The molecule has 1 rings (SSSR count). The van der Waals surface area contributed by atoms with Crippen LogP contribution in [0, 0.1) is 0 Å². The summed E-state index contributed by atoms with van der Waals surface area (Å²) in [6.45, 7) is 0.456. The molecule has 102 valence electrons. The summed E-state index contributed by atoms with van der Waals surface area (Å²) in [6, 6.07) is 7.13. The van der Waals surface area contributed by atoms with Crippen molar-refractivity contribution < 1.29 is 17.9 Å². The zero-order chi connectivity index (χ0) is 13.6. The molecule has 1 aromatic rings. The number of nitrogens with zero attached hydrogens (tertiary/aromatic N) is 1. The van der Waals surface area contributed by atoms with Crippen molar-refractivity contribution in [3.8, 4) is 11.5 Å². The van der Waals surface area contributed by atoms with Crippen LogP contribution in [0.5, 0.6) is 11.5 Å². The van der Waals surface area contributed by atoms with Crippen molar-refractivity contribution >= 4 is 10.2 Å². The molecule has 0 atom stereocenters. The SMILES string of the molecule is COc1cccc(OCCNS(=O)(=O)N(C)C)c1. The zero-order valence-electron chi connectivity index (χ0n) is 10.7. The molecule has 7 heteroatoms. The van der Waals surface area contributed by atoms with Gasteiger partial charge in [0, 0.05) is 26.7 Å². The molecular weight excluding hydrogens is 256 g/mol. The summed E-state index contributed by atoms with van der Waals surface area (Å²) in [5, 5.41) is 0. The van der Waals surface area contributed by atoms with Crippen LogP contribution < -0.4 is 14.2 Å². The van der Waals surface area contributed by atoms with Crippen molar-refractivity contribution in [1.82, 2.24) is 9.03 Å². The molecule has 1 N–H and O–H groups in total. The summed E-state index contributed by atoms with van der Waals surface area (Å²) in [5.74, 6) is 1.33. The Bertz CT molecular complexity index is 474. The average Bonchev–Trinajstić information content (AvgIpc) is 2.35. The van der Waals surface area contributed by atoms with E-state index >= 15 is 0 Å². The molecule has 0 aliphatic rings. The quantitative estimate of drug-likeness (QED) is 0.734. The van der Waals surface area contributed by atoms with Gasteiger partial charge in [0.15, 0.2) is 0 Å². The molecule has 1 aromatic carbocycles. The van der Waals surface area contributed by atoms with E-state index in [-0.39, 0.29) is 13.2 Å². The van der Waals surface area contributed by atoms with Gasteiger partial charge in [-0.25, -0.2) is 0 Å². The second-order valence-electron chi connectivity index (χ2n) is 3.71. The van der Waals surface area contributed by atoms with Gasteiger partial charge < -0.3 is 9.47 Å². The van der Waals surface area contributed by atoms with E-state index in [1.54, 1.807) is 25.3 Å². The van der Waals surface area contributed by atoms with E-state index in [0.717, 1.165) is 4.31 Å². The highest BCUT2D eigenvalue weighted by Gasteiger charge is 2.11. The summed E-state index contributed by atoms with van der Waals surface area (Å²) >= 11 is 0. The number of methoxy groups -OCH3 is 1. The Morgan fingerprint density at radius 3 is 2.56 bits per heavy atom. The van der Waals surface area contributed by atoms with Crippen molar-refractivity contribution in [1.29, 1.82) is 0 Å². The molecule has 0 amide bonds. The highest BCUT2D eigenvalue weighted by atomic mass is 32.2. The molecule has 0 unspecified atom stereocenters. The van der Waals surface area contributed by atoms with Gasteiger partial charge >= 0.3 is 0 Å². The highest BCUT2D eigenvalue weighted by molar-refractivity contribution is 7.87. The van der Waals surface area contributed by atoms with Gasteiger partial charge in [-0.2, -0.15) is 17.4 Å². The Hall–Kier alpha value is -1.31. The van der Waals surface area contributed by atoms with Crippen LogP contribution in [0.1, 0.15) is 0 Å². The molecule has 0 bridgehead atoms. The lowest BCUT2D eigenvalue weighted by atomic mass is 10.3. The molecule has 0 aromatic heterocycles. The Morgan fingerprint density at radius 2 is 1.94 bits per heavy atom. The molecular formula is C11H18N2O4S. The van der Waals surface area contributed by atoms with E-state index in [2.05, 4.69) is 4.72 Å². The van der Waals surface area contributed by atoms with Crippen molar-refractivity contribution in [3.63, 3.8) is 0 Å². The topological polar surface area (TPSA) is 67.9 Å². The first-order chi connectivity index (χ1) is 8.45. The summed E-state index contributed by atoms with van der Waals surface area (Å²) in [4.78, 5) is 0. The van der Waals surface area contributed by atoms with E-state index in [9.17, 15) is 8.42 Å². The fourth-order valence-corrected chi connectivity index (χ4v) is 1.76. The van der Waals surface area contributed by atoms with Crippen LogP contribution >= 0.6 is 0 Å². The highest BCUT2D eigenvalue weighted by Crippen LogP contribution is 2.18. The smallest absolute Gasteiger partial charge is 0.279 e. The monoisotopic (exact) mass is 274 g/mol. The summed E-state index contributed by atoms with van der Waals surface area (Å²) in [6.07, 6.45) is 0. The Balaban J connectivity index is 2.38. The number of benzene rings is 1. The third kappa shape index (κ3) is 4.52. The van der Waals surface area contributed by atoms with Crippen LogP contribution in [0.4, 0.5) is 0 Å². The van der Waals surface area contributed by atoms with E-state index < -0.39 is 10.2 Å². The van der Waals surface area contributed by atoms with Gasteiger partial charge in [-0.05, 0) is 12.1 Å². The molecule has 0 saturated heterocycles. The number of nitrogens with one attached hydrogen (secondary N) is 1. The molecule has 0 saturated carbocycles. The number of hydrogen-bond acceptors (Lipinski definition) is 4. The molecule has 0 radical (unpaired) electrons. The van der Waals surface area contributed by atoms with Crippen LogP contribution in [-0.2, 0) is 10.2 Å². The van der Waals surface area contributed by atoms with Crippen LogP contribution in [-0.4, -0.2) is 47.1 Å². The van der Waals surface area contributed by atoms with Gasteiger partial charge in [-0.3, -0.25) is 0 Å². The largest absolute Gasteiger partial charge is 0.497 e. The maximum absolute atomic E-state index is 11.4. The maximum Gasteiger partial charge on any atom is 0.279 e. The first kappa shape index (κ1) is 14.7.